The third-order valence-corrected chi connectivity index (χ3v) is 27.5. The Morgan fingerprint density at radius 3 is 0.695 bits per heavy atom. The lowest BCUT2D eigenvalue weighted by atomic mass is 9.81. The first kappa shape index (κ1) is 76.5. The molecule has 614 valence electrons. The number of benzene rings is 24. The quantitative estimate of drug-likeness (QED) is 0.0706. The van der Waals surface area contributed by atoms with Crippen LogP contribution in [-0.2, 0) is 5.41 Å². The number of hydrogen-bond donors (Lipinski definition) is 0. The van der Waals surface area contributed by atoms with E-state index in [2.05, 4.69) is 519 Å². The average molecular weight is 1670 g/mol. The van der Waals surface area contributed by atoms with E-state index in [1.165, 1.54) is 103 Å². The number of fused-ring (bicyclic) bond motifs is 13. The van der Waals surface area contributed by atoms with Crippen LogP contribution in [0, 0.1) is 0 Å². The lowest BCUT2D eigenvalue weighted by molar-refractivity contribution is 0.661. The van der Waals surface area contributed by atoms with Gasteiger partial charge in [-0.05, 0) is 335 Å². The van der Waals surface area contributed by atoms with Crippen LogP contribution in [0.15, 0.2) is 485 Å². The minimum Gasteiger partial charge on any atom is -0.310 e. The van der Waals surface area contributed by atoms with Crippen LogP contribution >= 0.6 is 0 Å². The maximum Gasteiger partial charge on any atom is 0.0620 e. The van der Waals surface area contributed by atoms with Gasteiger partial charge in [0.2, 0.25) is 0 Å². The first-order valence-corrected chi connectivity index (χ1v) is 45.4. The largest absolute Gasteiger partial charge is 0.310 e. The van der Waals surface area contributed by atoms with Crippen LogP contribution in [0.3, 0.4) is 0 Å². The van der Waals surface area contributed by atoms with Gasteiger partial charge in [-0.2, -0.15) is 0 Å². The van der Waals surface area contributed by atoms with Gasteiger partial charge in [0.25, 0.3) is 0 Å². The third-order valence-electron chi connectivity index (χ3n) is 27.5. The lowest BCUT2D eigenvalue weighted by Crippen LogP contribution is -2.18. The second kappa shape index (κ2) is 31.3. The van der Waals surface area contributed by atoms with Crippen molar-refractivity contribution in [2.45, 2.75) is 19.3 Å². The van der Waals surface area contributed by atoms with Crippen molar-refractivity contribution >= 4 is 176 Å². The summed E-state index contributed by atoms with van der Waals surface area (Å²) < 4.78 is 0. The predicted molar refractivity (Wildman–Crippen MR) is 560 cm³/mol. The third kappa shape index (κ3) is 13.5. The molecule has 0 bridgehead atoms. The van der Waals surface area contributed by atoms with Crippen molar-refractivity contribution in [2.24, 2.45) is 0 Å². The minimum atomic E-state index is -0.556. The van der Waals surface area contributed by atoms with Gasteiger partial charge in [-0.3, -0.25) is 0 Å². The maximum absolute atomic E-state index is 2.62. The monoisotopic (exact) mass is 1670 g/mol. The molecule has 0 unspecified atom stereocenters. The van der Waals surface area contributed by atoms with E-state index in [1.54, 1.807) is 0 Å². The maximum atomic E-state index is 2.62. The molecule has 0 saturated heterocycles. The van der Waals surface area contributed by atoms with Gasteiger partial charge in [-0.25, -0.2) is 0 Å². The van der Waals surface area contributed by atoms with Crippen LogP contribution < -0.4 is 19.6 Å². The molecular formula is C127H86N4. The van der Waals surface area contributed by atoms with E-state index < -0.39 is 5.41 Å². The Hall–Kier alpha value is -16.9. The van der Waals surface area contributed by atoms with E-state index >= 15 is 0 Å². The lowest BCUT2D eigenvalue weighted by Gasteiger charge is -2.34. The first-order chi connectivity index (χ1) is 64.6. The Bertz CT molecular complexity index is 8650. The van der Waals surface area contributed by atoms with Crippen molar-refractivity contribution in [3.05, 3.63) is 496 Å². The summed E-state index contributed by atoms with van der Waals surface area (Å²) in [5.74, 6) is 0. The zero-order chi connectivity index (χ0) is 86.8. The van der Waals surface area contributed by atoms with E-state index in [0.717, 1.165) is 139 Å². The SMILES string of the molecule is CC1(C)c2cc(N(c3ccc(-c4ccccc4)cc3)c3ccc4cc5ccccc5cc4c3)ccc2-c2cc3c(N(c4ccc(-c5ccccc5)cc4)c4ccc5cc6ccccc6cc5c4)c4cc(N(c5ccc(-c6ccccc6)cc5)c5ccc6cc7ccccc7cc6c5)ccc4c(N(c4ccc(-c5ccccc5)cc4)c4ccc5cc6ccccc6cc5c4)c3cc21. The molecule has 0 N–H and O–H groups in total. The molecule has 0 heterocycles. The van der Waals surface area contributed by atoms with E-state index in [4.69, 9.17) is 0 Å². The van der Waals surface area contributed by atoms with Gasteiger partial charge < -0.3 is 19.6 Å². The molecule has 4 nitrogen and oxygen atoms in total. The van der Waals surface area contributed by atoms with Crippen molar-refractivity contribution in [3.63, 3.8) is 0 Å². The molecule has 0 spiro atoms. The van der Waals surface area contributed by atoms with Crippen molar-refractivity contribution in [2.75, 3.05) is 19.6 Å². The number of hydrogen-bond acceptors (Lipinski definition) is 4. The Morgan fingerprint density at radius 2 is 0.359 bits per heavy atom. The molecule has 1 aliphatic carbocycles. The minimum absolute atomic E-state index is 0.556. The van der Waals surface area contributed by atoms with Crippen LogP contribution in [0.2, 0.25) is 0 Å². The summed E-state index contributed by atoms with van der Waals surface area (Å²) >= 11 is 0. The van der Waals surface area contributed by atoms with E-state index in [-0.39, 0.29) is 0 Å². The normalized spacial score (nSPS) is 12.3. The highest BCUT2D eigenvalue weighted by Crippen LogP contribution is 2.59. The Morgan fingerprint density at radius 1 is 0.137 bits per heavy atom. The molecule has 0 fully saturated rings. The highest BCUT2D eigenvalue weighted by Gasteiger charge is 2.39. The number of nitrogens with zero attached hydrogens (tertiary/aromatic N) is 4. The van der Waals surface area contributed by atoms with E-state index in [1.807, 2.05) is 0 Å². The fourth-order valence-corrected chi connectivity index (χ4v) is 20.9. The Labute approximate surface area is 761 Å². The van der Waals surface area contributed by atoms with Crippen molar-refractivity contribution in [1.82, 2.24) is 0 Å². The zero-order valence-electron chi connectivity index (χ0n) is 72.5. The summed E-state index contributed by atoms with van der Waals surface area (Å²) in [5.41, 5.74) is 26.0. The smallest absolute Gasteiger partial charge is 0.0620 e. The van der Waals surface area contributed by atoms with Crippen LogP contribution in [0.1, 0.15) is 25.0 Å². The van der Waals surface area contributed by atoms with Gasteiger partial charge in [0.05, 0.1) is 11.4 Å². The summed E-state index contributed by atoms with van der Waals surface area (Å²) in [6, 6.07) is 182. The van der Waals surface area contributed by atoms with Gasteiger partial charge in [-0.15, -0.1) is 0 Å². The van der Waals surface area contributed by atoms with E-state index in [0.29, 0.717) is 0 Å². The van der Waals surface area contributed by atoms with Gasteiger partial charge in [0.1, 0.15) is 0 Å². The average Bonchev–Trinajstić information content (AvgIpc) is 1.62. The molecule has 0 amide bonds. The van der Waals surface area contributed by atoms with Crippen molar-refractivity contribution < 1.29 is 0 Å². The Balaban J connectivity index is 0.799. The standard InChI is InChI=1S/C127H86N4/c1-127(2)123-80-116(129(108-53-41-88(42-54-108)84-25-9-4-10-26-84)112-60-48-100-68-92-32-16-20-36-96(92)72-104(100)76-112)63-65-117(123)119-81-121-122(82-124(119)127)125(130(109-55-43-89(44-56-109)85-27-11-5-12-28-85)113-61-49-101-69-93-33-17-21-37-97(93)73-105(101)77-113)118-66-64-115(128(107-51-39-87(40-52-107)83-23-7-3-8-24-83)111-59-47-99-67-91-31-15-19-35-95(91)71-103(99)75-111)79-120(118)126(121)131(110-57-45-90(46-58-110)86-29-13-6-14-30-86)114-62-50-102-70-94-34-18-22-38-98(94)74-106(102)78-114/h3-82H,1-2H3. The van der Waals surface area contributed by atoms with Crippen LogP contribution in [0.5, 0.6) is 0 Å². The van der Waals surface area contributed by atoms with Gasteiger partial charge >= 0.3 is 0 Å². The molecule has 4 heteroatoms. The molecule has 0 atom stereocenters. The van der Waals surface area contributed by atoms with E-state index in [9.17, 15) is 0 Å². The molecule has 0 radical (unpaired) electrons. The van der Waals surface area contributed by atoms with Crippen LogP contribution in [0.25, 0.3) is 163 Å². The first-order valence-electron chi connectivity index (χ1n) is 45.4. The summed E-state index contributed by atoms with van der Waals surface area (Å²) in [4.78, 5) is 10.2. The molecule has 0 aliphatic heterocycles. The van der Waals surface area contributed by atoms with Gasteiger partial charge in [0.15, 0.2) is 0 Å². The summed E-state index contributed by atoms with van der Waals surface area (Å²) in [6.45, 7) is 4.93. The highest BCUT2D eigenvalue weighted by atomic mass is 15.2. The highest BCUT2D eigenvalue weighted by molar-refractivity contribution is 6.26. The van der Waals surface area contributed by atoms with Gasteiger partial charge in [-0.1, -0.05) is 317 Å². The van der Waals surface area contributed by atoms with Crippen molar-refractivity contribution in [1.29, 1.82) is 0 Å². The Kier molecular flexibility index (Phi) is 18.3. The topological polar surface area (TPSA) is 13.0 Å². The molecule has 24 aromatic rings. The second-order valence-electron chi connectivity index (χ2n) is 35.6. The number of rotatable bonds is 16. The fraction of sp³-hybridized carbons (Fsp3) is 0.0236. The van der Waals surface area contributed by atoms with Crippen molar-refractivity contribution in [3.8, 4) is 55.6 Å². The summed E-state index contributed by atoms with van der Waals surface area (Å²) in [6.07, 6.45) is 0. The van der Waals surface area contributed by atoms with Gasteiger partial charge in [0, 0.05) is 83.8 Å². The molecule has 131 heavy (non-hydrogen) atoms. The molecule has 0 aromatic heterocycles. The predicted octanol–water partition coefficient (Wildman–Crippen LogP) is 36.1. The summed E-state index contributed by atoms with van der Waals surface area (Å²) in [5, 5.41) is 23.3. The molecule has 24 aromatic carbocycles. The molecule has 1 aliphatic rings. The molecular weight excluding hydrogens is 1580 g/mol. The van der Waals surface area contributed by atoms with Crippen LogP contribution in [-0.4, -0.2) is 0 Å². The fourth-order valence-electron chi connectivity index (χ4n) is 20.9. The number of anilines is 12. The second-order valence-corrected chi connectivity index (χ2v) is 35.6. The van der Waals surface area contributed by atoms with Crippen LogP contribution in [0.4, 0.5) is 68.2 Å². The molecule has 25 rings (SSSR count). The molecule has 0 saturated carbocycles. The zero-order valence-corrected chi connectivity index (χ0v) is 72.5. The summed E-state index contributed by atoms with van der Waals surface area (Å²) in [7, 11) is 0.